The zero-order valence-corrected chi connectivity index (χ0v) is 18.4. The summed E-state index contributed by atoms with van der Waals surface area (Å²) in [7, 11) is 4.18. The zero-order chi connectivity index (χ0) is 20.6. The quantitative estimate of drug-likeness (QED) is 0.709. The molecule has 2 heterocycles. The molecule has 1 aromatic heterocycles. The largest absolute Gasteiger partial charge is 0.459 e. The van der Waals surface area contributed by atoms with E-state index >= 15 is 0 Å². The summed E-state index contributed by atoms with van der Waals surface area (Å²) >= 11 is 6.62. The van der Waals surface area contributed by atoms with E-state index in [1.165, 1.54) is 6.42 Å². The highest BCUT2D eigenvalue weighted by atomic mass is 35.5. The fourth-order valence-electron chi connectivity index (χ4n) is 4.73. The lowest BCUT2D eigenvalue weighted by Gasteiger charge is -2.42. The number of hydrogen-bond acceptors (Lipinski definition) is 4. The molecule has 1 aliphatic heterocycles. The fourth-order valence-corrected chi connectivity index (χ4v) is 4.98. The summed E-state index contributed by atoms with van der Waals surface area (Å²) in [6.45, 7) is 5.90. The molecule has 2 aromatic rings. The molecular formula is C22H31ClN4O2. The lowest BCUT2D eigenvalue weighted by Crippen LogP contribution is -2.52. The normalized spacial score (nSPS) is 18.3. The van der Waals surface area contributed by atoms with Crippen molar-refractivity contribution in [3.8, 4) is 0 Å². The first-order valence-electron chi connectivity index (χ1n) is 10.6. The van der Waals surface area contributed by atoms with Crippen molar-refractivity contribution < 1.29 is 9.21 Å². The number of hydrogen-bond donors (Lipinski definition) is 2. The fraction of sp³-hybridized carbons (Fsp3) is 0.591. The van der Waals surface area contributed by atoms with Crippen LogP contribution in [0.3, 0.4) is 0 Å². The summed E-state index contributed by atoms with van der Waals surface area (Å²) in [5.41, 5.74) is 2.22. The number of halogens is 1. The molecule has 0 saturated heterocycles. The molecule has 2 amide bonds. The molecule has 2 aliphatic rings. The van der Waals surface area contributed by atoms with Gasteiger partial charge in [-0.2, -0.15) is 0 Å². The number of anilines is 1. The van der Waals surface area contributed by atoms with E-state index in [9.17, 15) is 4.79 Å². The average Bonchev–Trinajstić information content (AvgIpc) is 3.07. The van der Waals surface area contributed by atoms with Crippen LogP contribution < -0.4 is 10.6 Å². The molecule has 158 valence electrons. The molecule has 4 rings (SSSR count). The molecule has 29 heavy (non-hydrogen) atoms. The Labute approximate surface area is 177 Å². The van der Waals surface area contributed by atoms with Gasteiger partial charge in [-0.3, -0.25) is 4.90 Å². The maximum absolute atomic E-state index is 12.4. The standard InChI is InChI=1S/C22H31ClN4O2/c1-4-27(11-10-26(2)3)14-16-12-15-13-17(23)19-18(20(15)29-16)22(25-21(28)24-19)8-6-5-7-9-22/h12-13H,4-11,14H2,1-3H3,(H2,24,25,28). The molecule has 1 aliphatic carbocycles. The molecule has 1 saturated carbocycles. The molecule has 0 bridgehead atoms. The van der Waals surface area contributed by atoms with Gasteiger partial charge in [0.2, 0.25) is 0 Å². The highest BCUT2D eigenvalue weighted by molar-refractivity contribution is 6.35. The van der Waals surface area contributed by atoms with Crippen LogP contribution in [0.1, 0.15) is 50.4 Å². The van der Waals surface area contributed by atoms with Gasteiger partial charge in [0.1, 0.15) is 11.3 Å². The average molecular weight is 419 g/mol. The monoisotopic (exact) mass is 418 g/mol. The topological polar surface area (TPSA) is 60.8 Å². The van der Waals surface area contributed by atoms with Crippen molar-refractivity contribution in [3.63, 3.8) is 0 Å². The van der Waals surface area contributed by atoms with Crippen LogP contribution in [-0.4, -0.2) is 49.6 Å². The van der Waals surface area contributed by atoms with E-state index in [0.29, 0.717) is 10.7 Å². The van der Waals surface area contributed by atoms with Crippen LogP contribution in [0.25, 0.3) is 11.0 Å². The molecule has 1 aromatic carbocycles. The molecule has 0 radical (unpaired) electrons. The van der Waals surface area contributed by atoms with Crippen molar-refractivity contribution in [2.24, 2.45) is 0 Å². The molecule has 6 nitrogen and oxygen atoms in total. The lowest BCUT2D eigenvalue weighted by atomic mass is 9.74. The van der Waals surface area contributed by atoms with Gasteiger partial charge in [0.25, 0.3) is 0 Å². The van der Waals surface area contributed by atoms with E-state index < -0.39 is 0 Å². The summed E-state index contributed by atoms with van der Waals surface area (Å²) in [5.74, 6) is 0.938. The minimum Gasteiger partial charge on any atom is -0.459 e. The number of carbonyl (C=O) groups excluding carboxylic acids is 1. The van der Waals surface area contributed by atoms with E-state index in [1.54, 1.807) is 0 Å². The van der Waals surface area contributed by atoms with E-state index in [0.717, 1.165) is 74.2 Å². The minimum atomic E-state index is -0.385. The third kappa shape index (κ3) is 3.98. The number of amides is 2. The maximum atomic E-state index is 12.4. The van der Waals surface area contributed by atoms with E-state index in [2.05, 4.69) is 47.5 Å². The molecule has 0 unspecified atom stereocenters. The van der Waals surface area contributed by atoms with Crippen LogP contribution in [0.5, 0.6) is 0 Å². The number of nitrogens with one attached hydrogen (secondary N) is 2. The zero-order valence-electron chi connectivity index (χ0n) is 17.6. The van der Waals surface area contributed by atoms with Gasteiger partial charge >= 0.3 is 6.03 Å². The Morgan fingerprint density at radius 3 is 2.62 bits per heavy atom. The first-order valence-corrected chi connectivity index (χ1v) is 11.0. The Morgan fingerprint density at radius 2 is 1.93 bits per heavy atom. The Hall–Kier alpha value is -1.76. The number of nitrogens with zero attached hydrogens (tertiary/aromatic N) is 2. The van der Waals surface area contributed by atoms with Gasteiger partial charge in [0, 0.05) is 24.0 Å². The number of furan rings is 1. The second-order valence-electron chi connectivity index (χ2n) is 8.63. The molecule has 1 spiro atoms. The lowest BCUT2D eigenvalue weighted by molar-refractivity contribution is 0.208. The van der Waals surface area contributed by atoms with Crippen LogP contribution in [-0.2, 0) is 12.1 Å². The third-order valence-corrected chi connectivity index (χ3v) is 6.58. The van der Waals surface area contributed by atoms with Gasteiger partial charge in [-0.15, -0.1) is 0 Å². The first-order chi connectivity index (χ1) is 13.9. The molecule has 2 N–H and O–H groups in total. The summed E-state index contributed by atoms with van der Waals surface area (Å²) < 4.78 is 6.42. The van der Waals surface area contributed by atoms with Crippen LogP contribution in [0.4, 0.5) is 10.5 Å². The third-order valence-electron chi connectivity index (χ3n) is 6.28. The van der Waals surface area contributed by atoms with Crippen molar-refractivity contribution in [1.29, 1.82) is 0 Å². The van der Waals surface area contributed by atoms with Gasteiger partial charge in [-0.05, 0) is 45.6 Å². The smallest absolute Gasteiger partial charge is 0.319 e. The van der Waals surface area contributed by atoms with E-state index in [4.69, 9.17) is 16.0 Å². The Balaban J connectivity index is 1.74. The maximum Gasteiger partial charge on any atom is 0.319 e. The van der Waals surface area contributed by atoms with Gasteiger partial charge in [0.05, 0.1) is 22.8 Å². The molecule has 1 fully saturated rings. The van der Waals surface area contributed by atoms with Crippen molar-refractivity contribution in [1.82, 2.24) is 15.1 Å². The predicted octanol–water partition coefficient (Wildman–Crippen LogP) is 4.76. The highest BCUT2D eigenvalue weighted by Crippen LogP contribution is 2.49. The van der Waals surface area contributed by atoms with Crippen LogP contribution in [0.2, 0.25) is 5.02 Å². The predicted molar refractivity (Wildman–Crippen MR) is 118 cm³/mol. The summed E-state index contributed by atoms with van der Waals surface area (Å²) in [6, 6.07) is 3.85. The number of rotatable bonds is 6. The van der Waals surface area contributed by atoms with Crippen molar-refractivity contribution >= 4 is 34.3 Å². The number of urea groups is 1. The van der Waals surface area contributed by atoms with Crippen LogP contribution in [0, 0.1) is 0 Å². The van der Waals surface area contributed by atoms with Crippen molar-refractivity contribution in [3.05, 3.63) is 28.5 Å². The number of benzene rings is 1. The second-order valence-corrected chi connectivity index (χ2v) is 9.04. The highest BCUT2D eigenvalue weighted by Gasteiger charge is 2.43. The van der Waals surface area contributed by atoms with E-state index in [1.807, 2.05) is 6.07 Å². The second kappa shape index (κ2) is 8.17. The van der Waals surface area contributed by atoms with Crippen LogP contribution >= 0.6 is 11.6 Å². The number of carbonyl (C=O) groups is 1. The van der Waals surface area contributed by atoms with Gasteiger partial charge in [-0.25, -0.2) is 4.79 Å². The number of likely N-dealkylation sites (N-methyl/N-ethyl adjacent to an activating group) is 2. The molecule has 0 atom stereocenters. The number of fused-ring (bicyclic) bond motifs is 4. The first kappa shape index (κ1) is 20.5. The van der Waals surface area contributed by atoms with Gasteiger partial charge in [0.15, 0.2) is 0 Å². The molecule has 7 heteroatoms. The van der Waals surface area contributed by atoms with E-state index in [-0.39, 0.29) is 11.6 Å². The Kier molecular flexibility index (Phi) is 5.78. The van der Waals surface area contributed by atoms with Crippen LogP contribution in [0.15, 0.2) is 16.5 Å². The minimum absolute atomic E-state index is 0.173. The Bertz CT molecular complexity index is 902. The van der Waals surface area contributed by atoms with Crippen molar-refractivity contribution in [2.75, 3.05) is 39.0 Å². The molecular weight excluding hydrogens is 388 g/mol. The van der Waals surface area contributed by atoms with Gasteiger partial charge < -0.3 is 20.0 Å². The Morgan fingerprint density at radius 1 is 1.17 bits per heavy atom. The van der Waals surface area contributed by atoms with Crippen molar-refractivity contribution in [2.45, 2.75) is 51.1 Å². The SMILES string of the molecule is CCN(CCN(C)C)Cc1cc2cc(Cl)c3c(c2o1)C1(CCCCC1)NC(=O)N3. The summed E-state index contributed by atoms with van der Waals surface area (Å²) in [6.07, 6.45) is 5.22. The summed E-state index contributed by atoms with van der Waals surface area (Å²) in [4.78, 5) is 17.0. The van der Waals surface area contributed by atoms with Gasteiger partial charge in [-0.1, -0.05) is 37.8 Å². The summed E-state index contributed by atoms with van der Waals surface area (Å²) in [5, 5.41) is 7.74.